The molecule has 1 rings (SSSR count). The zero-order valence-corrected chi connectivity index (χ0v) is 9.40. The molecule has 3 N–H and O–H groups in total. The molecule has 0 bridgehead atoms. The van der Waals surface area contributed by atoms with E-state index in [2.05, 4.69) is 4.74 Å². The van der Waals surface area contributed by atoms with Crippen molar-refractivity contribution >= 4 is 11.9 Å². The zero-order chi connectivity index (χ0) is 14.3. The van der Waals surface area contributed by atoms with Gasteiger partial charge in [0.2, 0.25) is 0 Å². The average Bonchev–Trinajstić information content (AvgIpc) is 2.27. The predicted molar refractivity (Wildman–Crippen MR) is 55.5 cm³/mol. The van der Waals surface area contributed by atoms with Crippen molar-refractivity contribution in [3.8, 4) is 0 Å². The van der Waals surface area contributed by atoms with Crippen LogP contribution in [0.3, 0.4) is 0 Å². The fourth-order valence-electron chi connectivity index (χ4n) is 0.960. The normalized spacial score (nSPS) is 18.3. The molecule has 0 saturated carbocycles. The fourth-order valence-corrected chi connectivity index (χ4v) is 0.960. The fraction of sp³-hybridized carbons (Fsp3) is 0.400. The van der Waals surface area contributed by atoms with Crippen LogP contribution < -0.4 is 5.73 Å². The summed E-state index contributed by atoms with van der Waals surface area (Å²) in [6, 6.07) is -0.0471. The van der Waals surface area contributed by atoms with Crippen molar-refractivity contribution in [3.05, 3.63) is 23.8 Å². The maximum atomic E-state index is 10.9. The van der Waals surface area contributed by atoms with Crippen LogP contribution >= 0.6 is 0 Å². The number of halogens is 3. The minimum atomic E-state index is -5.08. The molecule has 1 aliphatic rings. The summed E-state index contributed by atoms with van der Waals surface area (Å²) in [5.41, 5.74) is 6.13. The van der Waals surface area contributed by atoms with Crippen molar-refractivity contribution in [1.29, 1.82) is 0 Å². The summed E-state index contributed by atoms with van der Waals surface area (Å²) in [4.78, 5) is 19.8. The standard InChI is InChI=1S/C8H11NO2.C2HF3O2/c1-11-8(10)6-3-2-4-7(9)5-6;3-2(4,5)1(6)7/h2-3,5,7H,4,9H2,1H3;(H,6,7). The maximum Gasteiger partial charge on any atom is 0.490 e. The van der Waals surface area contributed by atoms with Gasteiger partial charge in [0.25, 0.3) is 0 Å². The molecule has 0 aromatic rings. The van der Waals surface area contributed by atoms with Crippen LogP contribution in [0.25, 0.3) is 0 Å². The number of methoxy groups -OCH3 is 1. The smallest absolute Gasteiger partial charge is 0.475 e. The number of ether oxygens (including phenoxy) is 1. The largest absolute Gasteiger partial charge is 0.490 e. The second kappa shape index (κ2) is 6.80. The number of hydrogen-bond donors (Lipinski definition) is 2. The second-order valence-corrected chi connectivity index (χ2v) is 3.22. The van der Waals surface area contributed by atoms with Gasteiger partial charge in [-0.1, -0.05) is 18.2 Å². The molecule has 5 nitrogen and oxygen atoms in total. The van der Waals surface area contributed by atoms with Gasteiger partial charge in [-0.05, 0) is 6.42 Å². The van der Waals surface area contributed by atoms with Crippen LogP contribution in [-0.2, 0) is 14.3 Å². The monoisotopic (exact) mass is 267 g/mol. The van der Waals surface area contributed by atoms with Crippen molar-refractivity contribution in [1.82, 2.24) is 0 Å². The number of hydrogen-bond acceptors (Lipinski definition) is 4. The Balaban J connectivity index is 0.000000360. The highest BCUT2D eigenvalue weighted by Gasteiger charge is 2.38. The zero-order valence-electron chi connectivity index (χ0n) is 9.40. The number of carboxylic acid groups (broad SMARTS) is 1. The van der Waals surface area contributed by atoms with Crippen LogP contribution in [0, 0.1) is 0 Å². The SMILES string of the molecule is COC(=O)C1=CC(N)CC=C1.O=C(O)C(F)(F)F. The Hall–Kier alpha value is -1.83. The molecule has 1 atom stereocenters. The Kier molecular flexibility index (Phi) is 6.11. The van der Waals surface area contributed by atoms with Crippen molar-refractivity contribution in [2.75, 3.05) is 7.11 Å². The lowest BCUT2D eigenvalue weighted by molar-refractivity contribution is -0.192. The molecule has 0 spiro atoms. The number of carbonyl (C=O) groups excluding carboxylic acids is 1. The third kappa shape index (κ3) is 6.04. The molecule has 0 aliphatic heterocycles. The van der Waals surface area contributed by atoms with E-state index in [0.717, 1.165) is 6.42 Å². The van der Waals surface area contributed by atoms with Crippen LogP contribution in [0.5, 0.6) is 0 Å². The lowest BCUT2D eigenvalue weighted by atomic mass is 10.0. The summed E-state index contributed by atoms with van der Waals surface area (Å²) in [6.07, 6.45) is 1.03. The quantitative estimate of drug-likeness (QED) is 0.692. The minimum absolute atomic E-state index is 0.0471. The molecular formula is C10H12F3NO4. The van der Waals surface area contributed by atoms with E-state index in [1.807, 2.05) is 6.08 Å². The first-order chi connectivity index (χ1) is 8.18. The Morgan fingerprint density at radius 3 is 2.33 bits per heavy atom. The Bertz CT molecular complexity index is 374. The van der Waals surface area contributed by atoms with Gasteiger partial charge in [0, 0.05) is 6.04 Å². The molecule has 0 heterocycles. The van der Waals surface area contributed by atoms with E-state index in [-0.39, 0.29) is 12.0 Å². The number of rotatable bonds is 1. The summed E-state index contributed by atoms with van der Waals surface area (Å²) in [5, 5.41) is 7.12. The summed E-state index contributed by atoms with van der Waals surface area (Å²) in [7, 11) is 1.36. The van der Waals surface area contributed by atoms with Gasteiger partial charge in [0.15, 0.2) is 0 Å². The Morgan fingerprint density at radius 2 is 2.00 bits per heavy atom. The van der Waals surface area contributed by atoms with Gasteiger partial charge < -0.3 is 15.6 Å². The molecule has 18 heavy (non-hydrogen) atoms. The van der Waals surface area contributed by atoms with Crippen LogP contribution in [0.4, 0.5) is 13.2 Å². The molecule has 102 valence electrons. The molecule has 0 aromatic carbocycles. The molecule has 0 radical (unpaired) electrons. The van der Waals surface area contributed by atoms with Gasteiger partial charge in [0.1, 0.15) is 0 Å². The molecule has 1 unspecified atom stereocenters. The number of alkyl halides is 3. The highest BCUT2D eigenvalue weighted by molar-refractivity contribution is 5.91. The van der Waals surface area contributed by atoms with E-state index in [0.29, 0.717) is 5.57 Å². The van der Waals surface area contributed by atoms with E-state index in [1.54, 1.807) is 12.2 Å². The number of carbonyl (C=O) groups is 2. The van der Waals surface area contributed by atoms with E-state index in [9.17, 15) is 18.0 Å². The molecule has 0 fully saturated rings. The van der Waals surface area contributed by atoms with Crippen molar-refractivity contribution in [2.45, 2.75) is 18.6 Å². The van der Waals surface area contributed by atoms with E-state index < -0.39 is 12.1 Å². The van der Waals surface area contributed by atoms with E-state index in [1.165, 1.54) is 7.11 Å². The van der Waals surface area contributed by atoms with Gasteiger partial charge in [-0.15, -0.1) is 0 Å². The second-order valence-electron chi connectivity index (χ2n) is 3.22. The first kappa shape index (κ1) is 16.2. The average molecular weight is 267 g/mol. The van der Waals surface area contributed by atoms with Gasteiger partial charge >= 0.3 is 18.1 Å². The van der Waals surface area contributed by atoms with Crippen LogP contribution in [0.2, 0.25) is 0 Å². The van der Waals surface area contributed by atoms with Crippen molar-refractivity contribution < 1.29 is 32.6 Å². The molecule has 1 aliphatic carbocycles. The lowest BCUT2D eigenvalue weighted by Gasteiger charge is -2.09. The maximum absolute atomic E-state index is 10.9. The Morgan fingerprint density at radius 1 is 1.50 bits per heavy atom. The molecule has 0 aromatic heterocycles. The van der Waals surface area contributed by atoms with Gasteiger partial charge in [0.05, 0.1) is 12.7 Å². The first-order valence-corrected chi connectivity index (χ1v) is 4.71. The van der Waals surface area contributed by atoms with Gasteiger partial charge in [-0.2, -0.15) is 13.2 Å². The highest BCUT2D eigenvalue weighted by atomic mass is 19.4. The molecule has 8 heteroatoms. The summed E-state index contributed by atoms with van der Waals surface area (Å²) >= 11 is 0. The minimum Gasteiger partial charge on any atom is -0.475 e. The Labute approximate surface area is 101 Å². The summed E-state index contributed by atoms with van der Waals surface area (Å²) in [5.74, 6) is -3.08. The van der Waals surface area contributed by atoms with Crippen molar-refractivity contribution in [3.63, 3.8) is 0 Å². The van der Waals surface area contributed by atoms with E-state index in [4.69, 9.17) is 15.6 Å². The highest BCUT2D eigenvalue weighted by Crippen LogP contribution is 2.13. The van der Waals surface area contributed by atoms with Crippen molar-refractivity contribution in [2.24, 2.45) is 5.73 Å². The predicted octanol–water partition coefficient (Wildman–Crippen LogP) is 1.01. The lowest BCUT2D eigenvalue weighted by Crippen LogP contribution is -2.21. The number of esters is 1. The third-order valence-corrected chi connectivity index (χ3v) is 1.76. The topological polar surface area (TPSA) is 89.6 Å². The number of carboxylic acids is 1. The summed E-state index contributed by atoms with van der Waals surface area (Å²) in [6.45, 7) is 0. The molecular weight excluding hydrogens is 255 g/mol. The van der Waals surface area contributed by atoms with Gasteiger partial charge in [-0.25, -0.2) is 9.59 Å². The number of nitrogens with two attached hydrogens (primary N) is 1. The van der Waals surface area contributed by atoms with Crippen LogP contribution in [0.1, 0.15) is 6.42 Å². The molecule has 0 saturated heterocycles. The molecule has 0 amide bonds. The third-order valence-electron chi connectivity index (χ3n) is 1.76. The van der Waals surface area contributed by atoms with Crippen LogP contribution in [-0.4, -0.2) is 36.4 Å². The van der Waals surface area contributed by atoms with E-state index >= 15 is 0 Å². The summed E-state index contributed by atoms with van der Waals surface area (Å²) < 4.78 is 36.3. The first-order valence-electron chi connectivity index (χ1n) is 4.71. The van der Waals surface area contributed by atoms with Gasteiger partial charge in [-0.3, -0.25) is 0 Å². The number of aliphatic carboxylic acids is 1. The van der Waals surface area contributed by atoms with Crippen LogP contribution in [0.15, 0.2) is 23.8 Å².